The number of benzene rings is 1. The number of nitrogens with one attached hydrogen (secondary N) is 1. The van der Waals surface area contributed by atoms with E-state index in [4.69, 9.17) is 4.74 Å². The van der Waals surface area contributed by atoms with Crippen molar-refractivity contribution in [3.05, 3.63) is 55.2 Å². The van der Waals surface area contributed by atoms with Crippen molar-refractivity contribution < 1.29 is 4.74 Å². The van der Waals surface area contributed by atoms with Gasteiger partial charge in [-0.25, -0.2) is 9.97 Å². The molecule has 3 heterocycles. The molecule has 0 spiro atoms. The van der Waals surface area contributed by atoms with Gasteiger partial charge in [0.1, 0.15) is 5.75 Å². The number of fused-ring (bicyclic) bond motifs is 1. The molecular weight excluding hydrogens is 364 g/mol. The van der Waals surface area contributed by atoms with E-state index < -0.39 is 0 Å². The van der Waals surface area contributed by atoms with Crippen molar-refractivity contribution in [2.24, 2.45) is 7.05 Å². The molecule has 0 unspecified atom stereocenters. The minimum absolute atomic E-state index is 0.692. The molecule has 0 saturated heterocycles. The molecule has 0 amide bonds. The zero-order valence-electron chi connectivity index (χ0n) is 18.0. The number of hydrogen-bond acceptors (Lipinski definition) is 5. The Labute approximate surface area is 172 Å². The summed E-state index contributed by atoms with van der Waals surface area (Å²) < 4.78 is 8.94. The van der Waals surface area contributed by atoms with Crippen molar-refractivity contribution in [3.63, 3.8) is 0 Å². The molecule has 0 aliphatic carbocycles. The highest BCUT2D eigenvalue weighted by Crippen LogP contribution is 2.25. The zero-order valence-corrected chi connectivity index (χ0v) is 18.0. The number of aromatic nitrogens is 5. The summed E-state index contributed by atoms with van der Waals surface area (Å²) in [6.45, 7) is 8.25. The van der Waals surface area contributed by atoms with Gasteiger partial charge in [0.25, 0.3) is 0 Å². The quantitative estimate of drug-likeness (QED) is 0.507. The van der Waals surface area contributed by atoms with E-state index in [9.17, 15) is 0 Å². The smallest absolute Gasteiger partial charge is 0.180 e. The van der Waals surface area contributed by atoms with E-state index in [1.807, 2.05) is 74.3 Å². The van der Waals surface area contributed by atoms with Crippen molar-refractivity contribution in [2.45, 2.75) is 34.1 Å². The zero-order chi connectivity index (χ0) is 21.2. The van der Waals surface area contributed by atoms with Gasteiger partial charge in [-0.1, -0.05) is 34.1 Å². The van der Waals surface area contributed by atoms with Crippen LogP contribution in [0.1, 0.15) is 34.1 Å². The second-order valence-corrected chi connectivity index (χ2v) is 6.08. The summed E-state index contributed by atoms with van der Waals surface area (Å²) in [5.74, 6) is 1.50. The Kier molecular flexibility index (Phi) is 8.21. The van der Waals surface area contributed by atoms with Crippen molar-refractivity contribution >= 4 is 17.2 Å². The highest BCUT2D eigenvalue weighted by atomic mass is 16.5. The average molecular weight is 395 g/mol. The van der Waals surface area contributed by atoms with Gasteiger partial charge in [-0.3, -0.25) is 9.08 Å². The molecule has 4 aromatic rings. The normalized spacial score (nSPS) is 9.86. The second-order valence-electron chi connectivity index (χ2n) is 6.08. The third-order valence-corrected chi connectivity index (χ3v) is 3.78. The molecule has 0 fully saturated rings. The van der Waals surface area contributed by atoms with Crippen molar-refractivity contribution in [2.75, 3.05) is 12.4 Å². The lowest BCUT2D eigenvalue weighted by molar-refractivity contribution is 0.415. The number of ether oxygens (including phenoxy) is 1. The first kappa shape index (κ1) is 21.9. The Hall–Kier alpha value is -3.35. The monoisotopic (exact) mass is 394 g/mol. The van der Waals surface area contributed by atoms with E-state index in [1.54, 1.807) is 18.0 Å². The molecule has 3 aromatic heterocycles. The fourth-order valence-corrected chi connectivity index (χ4v) is 2.59. The Bertz CT molecular complexity index is 1000. The largest absolute Gasteiger partial charge is 0.497 e. The molecule has 0 radical (unpaired) electrons. The summed E-state index contributed by atoms with van der Waals surface area (Å²) in [5, 5.41) is 7.52. The van der Waals surface area contributed by atoms with Crippen LogP contribution in [0.4, 0.5) is 11.5 Å². The molecule has 1 N–H and O–H groups in total. The van der Waals surface area contributed by atoms with Gasteiger partial charge in [0.2, 0.25) is 0 Å². The minimum Gasteiger partial charge on any atom is -0.497 e. The van der Waals surface area contributed by atoms with Crippen molar-refractivity contribution in [1.82, 2.24) is 24.1 Å². The van der Waals surface area contributed by atoms with Gasteiger partial charge < -0.3 is 10.1 Å². The molecule has 4 rings (SSSR count). The topological polar surface area (TPSA) is 69.3 Å². The first-order chi connectivity index (χ1) is 14.2. The Morgan fingerprint density at radius 1 is 1.03 bits per heavy atom. The van der Waals surface area contributed by atoms with E-state index in [-0.39, 0.29) is 0 Å². The van der Waals surface area contributed by atoms with E-state index in [2.05, 4.69) is 34.2 Å². The van der Waals surface area contributed by atoms with E-state index in [0.717, 1.165) is 28.3 Å². The van der Waals surface area contributed by atoms with Crippen LogP contribution in [0.25, 0.3) is 16.9 Å². The van der Waals surface area contributed by atoms with E-state index in [0.29, 0.717) is 5.82 Å². The fraction of sp³-hybridized carbons (Fsp3) is 0.318. The lowest BCUT2D eigenvalue weighted by Gasteiger charge is -2.08. The summed E-state index contributed by atoms with van der Waals surface area (Å²) in [4.78, 5) is 8.92. The fourth-order valence-electron chi connectivity index (χ4n) is 2.59. The van der Waals surface area contributed by atoms with Crippen LogP contribution in [0, 0.1) is 0 Å². The van der Waals surface area contributed by atoms with Gasteiger partial charge >= 0.3 is 0 Å². The van der Waals surface area contributed by atoms with Crippen molar-refractivity contribution in [1.29, 1.82) is 0 Å². The maximum atomic E-state index is 5.18. The summed E-state index contributed by atoms with van der Waals surface area (Å²) >= 11 is 0. The maximum absolute atomic E-state index is 5.18. The lowest BCUT2D eigenvalue weighted by atomic mass is 10.3. The summed E-state index contributed by atoms with van der Waals surface area (Å²) in [6, 6.07) is 7.67. The molecule has 0 bridgehead atoms. The molecule has 0 saturated carbocycles. The van der Waals surface area contributed by atoms with E-state index in [1.165, 1.54) is 6.42 Å². The highest BCUT2D eigenvalue weighted by molar-refractivity contribution is 5.73. The number of hydrogen-bond donors (Lipinski definition) is 1. The standard InChI is InChI=1S/C17H16N6O.C3H8.C2H6/c1-22-11-12(9-20-22)15-10-19-17-16(18-7-8-23(15)17)21-13-3-5-14(24-2)6-4-13;1-3-2;1-2/h3-11H,1-2H3,(H,18,21);3H2,1-2H3;1-2H3. The Balaban J connectivity index is 0.000000551. The number of rotatable bonds is 4. The summed E-state index contributed by atoms with van der Waals surface area (Å²) in [6.07, 6.45) is 10.5. The first-order valence-electron chi connectivity index (χ1n) is 9.88. The van der Waals surface area contributed by atoms with Crippen LogP contribution in [0.2, 0.25) is 0 Å². The molecule has 0 aliphatic heterocycles. The number of methoxy groups -OCH3 is 1. The number of imidazole rings is 1. The van der Waals surface area contributed by atoms with Crippen LogP contribution < -0.4 is 10.1 Å². The molecule has 154 valence electrons. The Morgan fingerprint density at radius 3 is 2.31 bits per heavy atom. The van der Waals surface area contributed by atoms with Crippen molar-refractivity contribution in [3.8, 4) is 17.0 Å². The maximum Gasteiger partial charge on any atom is 0.180 e. The van der Waals surface area contributed by atoms with Gasteiger partial charge in [-0.05, 0) is 24.3 Å². The Morgan fingerprint density at radius 2 is 1.72 bits per heavy atom. The summed E-state index contributed by atoms with van der Waals surface area (Å²) in [7, 11) is 3.54. The van der Waals surface area contributed by atoms with Crippen LogP contribution in [-0.4, -0.2) is 31.3 Å². The molecule has 7 heteroatoms. The van der Waals surface area contributed by atoms with Gasteiger partial charge in [-0.2, -0.15) is 5.10 Å². The third-order valence-electron chi connectivity index (χ3n) is 3.78. The van der Waals surface area contributed by atoms with Gasteiger partial charge in [0.05, 0.1) is 25.2 Å². The van der Waals surface area contributed by atoms with Gasteiger partial charge in [0, 0.05) is 36.9 Å². The van der Waals surface area contributed by atoms with E-state index >= 15 is 0 Å². The highest BCUT2D eigenvalue weighted by Gasteiger charge is 2.11. The molecule has 7 nitrogen and oxygen atoms in total. The van der Waals surface area contributed by atoms with Crippen LogP contribution >= 0.6 is 0 Å². The molecule has 0 aliphatic rings. The predicted octanol–water partition coefficient (Wildman–Crippen LogP) is 5.32. The first-order valence-corrected chi connectivity index (χ1v) is 9.88. The molecule has 0 atom stereocenters. The molecule has 29 heavy (non-hydrogen) atoms. The number of nitrogens with zero attached hydrogens (tertiary/aromatic N) is 5. The number of aryl methyl sites for hydroxylation is 1. The lowest BCUT2D eigenvalue weighted by Crippen LogP contribution is -1.98. The second kappa shape index (κ2) is 10.8. The van der Waals surface area contributed by atoms with Gasteiger partial charge in [0.15, 0.2) is 11.5 Å². The van der Waals surface area contributed by atoms with Crippen LogP contribution in [0.5, 0.6) is 5.75 Å². The van der Waals surface area contributed by atoms with Gasteiger partial charge in [-0.15, -0.1) is 0 Å². The molecule has 1 aromatic carbocycles. The SMILES string of the molecule is CC.CCC.COc1ccc(Nc2nccn3c(-c4cnn(C)c4)cnc23)cc1. The summed E-state index contributed by atoms with van der Waals surface area (Å²) in [5.41, 5.74) is 3.65. The number of anilines is 2. The van der Waals surface area contributed by atoms with Crippen LogP contribution in [0.15, 0.2) is 55.2 Å². The predicted molar refractivity (Wildman–Crippen MR) is 119 cm³/mol. The average Bonchev–Trinajstić information content (AvgIpc) is 3.37. The third kappa shape index (κ3) is 5.34. The van der Waals surface area contributed by atoms with Crippen LogP contribution in [0.3, 0.4) is 0 Å². The van der Waals surface area contributed by atoms with Crippen LogP contribution in [-0.2, 0) is 7.05 Å². The molecular formula is C22H30N6O. The minimum atomic E-state index is 0.692.